The topological polar surface area (TPSA) is 29.1 Å². The van der Waals surface area contributed by atoms with Crippen molar-refractivity contribution in [3.05, 3.63) is 16.0 Å². The largest absolute Gasteiger partial charge is 0.322 e. The van der Waals surface area contributed by atoms with Crippen LogP contribution in [0.2, 0.25) is 0 Å². The molecule has 0 aromatic carbocycles. The van der Waals surface area contributed by atoms with E-state index in [0.29, 0.717) is 11.9 Å². The van der Waals surface area contributed by atoms with Crippen LogP contribution in [0.4, 0.5) is 13.8 Å². The molecule has 0 radical (unpaired) electrons. The highest BCUT2D eigenvalue weighted by Crippen LogP contribution is 2.32. The average molecular weight is 233 g/mol. The minimum absolute atomic E-state index is 0.511. The number of amides is 1. The highest BCUT2D eigenvalue weighted by atomic mass is 32.1. The van der Waals surface area contributed by atoms with Gasteiger partial charge in [-0.15, -0.1) is 11.3 Å². The number of thiophene rings is 1. The van der Waals surface area contributed by atoms with Crippen molar-refractivity contribution >= 4 is 22.2 Å². The van der Waals surface area contributed by atoms with Crippen LogP contribution in [0.3, 0.4) is 0 Å². The van der Waals surface area contributed by atoms with E-state index < -0.39 is 11.8 Å². The van der Waals surface area contributed by atoms with Gasteiger partial charge in [-0.05, 0) is 31.9 Å². The maximum atomic E-state index is 12.6. The fourth-order valence-corrected chi connectivity index (χ4v) is 2.13. The maximum Gasteiger partial charge on any atom is 0.322 e. The molecule has 0 aliphatic carbocycles. The van der Waals surface area contributed by atoms with Crippen molar-refractivity contribution in [2.45, 2.75) is 33.6 Å². The van der Waals surface area contributed by atoms with Crippen molar-refractivity contribution in [2.24, 2.45) is 0 Å². The number of carbonyl (C=O) groups is 1. The van der Waals surface area contributed by atoms with Crippen LogP contribution in [0.1, 0.15) is 22.9 Å². The molecule has 0 bridgehead atoms. The summed E-state index contributed by atoms with van der Waals surface area (Å²) in [6, 6.07) is 0. The number of alkyl halides is 2. The van der Waals surface area contributed by atoms with Crippen molar-refractivity contribution < 1.29 is 13.6 Å². The molecule has 5 heteroatoms. The van der Waals surface area contributed by atoms with Crippen molar-refractivity contribution in [3.63, 3.8) is 0 Å². The monoisotopic (exact) mass is 233 g/mol. The van der Waals surface area contributed by atoms with Crippen LogP contribution in [0.15, 0.2) is 0 Å². The summed E-state index contributed by atoms with van der Waals surface area (Å²) in [5.41, 5.74) is 1.89. The first-order valence-electron chi connectivity index (χ1n) is 4.49. The predicted octanol–water partition coefficient (Wildman–Crippen LogP) is 3.27. The van der Waals surface area contributed by atoms with Gasteiger partial charge in [0.15, 0.2) is 0 Å². The van der Waals surface area contributed by atoms with Crippen molar-refractivity contribution in [1.29, 1.82) is 0 Å². The van der Waals surface area contributed by atoms with E-state index in [9.17, 15) is 13.6 Å². The zero-order valence-corrected chi connectivity index (χ0v) is 9.89. The zero-order valence-electron chi connectivity index (χ0n) is 9.07. The Morgan fingerprint density at radius 3 is 2.13 bits per heavy atom. The molecular weight excluding hydrogens is 220 g/mol. The SMILES string of the molecule is Cc1sc(NC(=O)C(C)(F)F)c(C)c1C. The van der Waals surface area contributed by atoms with Crippen LogP contribution < -0.4 is 5.32 Å². The van der Waals surface area contributed by atoms with Crippen LogP contribution in [0.5, 0.6) is 0 Å². The number of halogens is 2. The van der Waals surface area contributed by atoms with Crippen LogP contribution in [0, 0.1) is 20.8 Å². The molecule has 1 aromatic heterocycles. The number of aryl methyl sites for hydroxylation is 1. The standard InChI is InChI=1S/C10H13F2NOS/c1-5-6(2)8(15-7(5)3)13-9(14)10(4,11)12/h1-4H3,(H,13,14). The van der Waals surface area contributed by atoms with Gasteiger partial charge in [0.25, 0.3) is 5.91 Å². The fourth-order valence-electron chi connectivity index (χ4n) is 1.07. The number of hydrogen-bond acceptors (Lipinski definition) is 2. The molecule has 0 atom stereocenters. The van der Waals surface area contributed by atoms with E-state index in [-0.39, 0.29) is 0 Å². The molecule has 0 saturated heterocycles. The molecule has 1 amide bonds. The van der Waals surface area contributed by atoms with Gasteiger partial charge in [0, 0.05) is 11.8 Å². The van der Waals surface area contributed by atoms with E-state index >= 15 is 0 Å². The van der Waals surface area contributed by atoms with E-state index in [1.54, 1.807) is 0 Å². The minimum atomic E-state index is -3.34. The summed E-state index contributed by atoms with van der Waals surface area (Å²) < 4.78 is 25.3. The van der Waals surface area contributed by atoms with Gasteiger partial charge in [-0.3, -0.25) is 4.79 Å². The summed E-state index contributed by atoms with van der Waals surface area (Å²) in [4.78, 5) is 12.1. The van der Waals surface area contributed by atoms with E-state index in [1.807, 2.05) is 20.8 Å². The average Bonchev–Trinajstić information content (AvgIpc) is 2.32. The Bertz CT molecular complexity index is 393. The summed E-state index contributed by atoms with van der Waals surface area (Å²) in [6.45, 7) is 6.20. The van der Waals surface area contributed by atoms with Crippen molar-refractivity contribution in [2.75, 3.05) is 5.32 Å². The third-order valence-corrected chi connectivity index (χ3v) is 3.54. The summed E-state index contributed by atoms with van der Waals surface area (Å²) in [6.07, 6.45) is 0. The first-order chi connectivity index (χ1) is 6.73. The van der Waals surface area contributed by atoms with Gasteiger partial charge < -0.3 is 5.32 Å². The molecule has 0 aliphatic rings. The number of hydrogen-bond donors (Lipinski definition) is 1. The van der Waals surface area contributed by atoms with Gasteiger partial charge in [-0.1, -0.05) is 0 Å². The second-order valence-electron chi connectivity index (χ2n) is 3.58. The van der Waals surface area contributed by atoms with Crippen LogP contribution in [-0.2, 0) is 4.79 Å². The van der Waals surface area contributed by atoms with E-state index in [2.05, 4.69) is 5.32 Å². The summed E-state index contributed by atoms with van der Waals surface area (Å²) in [7, 11) is 0. The number of anilines is 1. The number of nitrogens with one attached hydrogen (secondary N) is 1. The summed E-state index contributed by atoms with van der Waals surface area (Å²) >= 11 is 1.32. The Morgan fingerprint density at radius 2 is 1.80 bits per heavy atom. The second kappa shape index (κ2) is 3.89. The Balaban J connectivity index is 2.91. The van der Waals surface area contributed by atoms with Gasteiger partial charge in [-0.2, -0.15) is 8.78 Å². The van der Waals surface area contributed by atoms with Crippen molar-refractivity contribution in [1.82, 2.24) is 0 Å². The summed E-state index contributed by atoms with van der Waals surface area (Å²) in [5, 5.41) is 2.75. The Kier molecular flexibility index (Phi) is 3.13. The van der Waals surface area contributed by atoms with Crippen LogP contribution in [-0.4, -0.2) is 11.8 Å². The summed E-state index contributed by atoms with van der Waals surface area (Å²) in [5.74, 6) is -4.59. The number of rotatable bonds is 2. The predicted molar refractivity (Wildman–Crippen MR) is 57.8 cm³/mol. The molecular formula is C10H13F2NOS. The fraction of sp³-hybridized carbons (Fsp3) is 0.500. The van der Waals surface area contributed by atoms with Gasteiger partial charge >= 0.3 is 5.92 Å². The lowest BCUT2D eigenvalue weighted by Gasteiger charge is -2.09. The Hall–Kier alpha value is -0.970. The molecule has 15 heavy (non-hydrogen) atoms. The molecule has 0 saturated carbocycles. The van der Waals surface area contributed by atoms with Gasteiger partial charge in [0.05, 0.1) is 5.00 Å². The van der Waals surface area contributed by atoms with Gasteiger partial charge in [-0.25, -0.2) is 0 Å². The third-order valence-electron chi connectivity index (χ3n) is 2.31. The highest BCUT2D eigenvalue weighted by Gasteiger charge is 2.32. The third kappa shape index (κ3) is 2.53. The molecule has 0 fully saturated rings. The lowest BCUT2D eigenvalue weighted by atomic mass is 10.2. The first kappa shape index (κ1) is 12.1. The molecule has 0 unspecified atom stereocenters. The molecule has 0 spiro atoms. The lowest BCUT2D eigenvalue weighted by Crippen LogP contribution is -2.31. The molecule has 1 heterocycles. The maximum absolute atomic E-state index is 12.6. The van der Waals surface area contributed by atoms with Crippen LogP contribution >= 0.6 is 11.3 Å². The molecule has 1 N–H and O–H groups in total. The molecule has 0 aliphatic heterocycles. The minimum Gasteiger partial charge on any atom is -0.312 e. The smallest absolute Gasteiger partial charge is 0.312 e. The molecule has 1 rings (SSSR count). The van der Waals surface area contributed by atoms with Crippen LogP contribution in [0.25, 0.3) is 0 Å². The Labute approximate surface area is 91.3 Å². The van der Waals surface area contributed by atoms with E-state index in [4.69, 9.17) is 0 Å². The highest BCUT2D eigenvalue weighted by molar-refractivity contribution is 7.16. The van der Waals surface area contributed by atoms with E-state index in [0.717, 1.165) is 16.0 Å². The lowest BCUT2D eigenvalue weighted by molar-refractivity contribution is -0.137. The van der Waals surface area contributed by atoms with Gasteiger partial charge in [0.2, 0.25) is 0 Å². The molecule has 1 aromatic rings. The van der Waals surface area contributed by atoms with Crippen molar-refractivity contribution in [3.8, 4) is 0 Å². The Morgan fingerprint density at radius 1 is 1.27 bits per heavy atom. The zero-order chi connectivity index (χ0) is 11.8. The number of carbonyl (C=O) groups excluding carboxylic acids is 1. The van der Waals surface area contributed by atoms with Gasteiger partial charge in [0.1, 0.15) is 0 Å². The van der Waals surface area contributed by atoms with E-state index in [1.165, 1.54) is 11.3 Å². The quantitative estimate of drug-likeness (QED) is 0.834. The normalized spacial score (nSPS) is 11.6. The first-order valence-corrected chi connectivity index (χ1v) is 5.31. The molecule has 2 nitrogen and oxygen atoms in total. The second-order valence-corrected chi connectivity index (χ2v) is 4.80. The molecule has 84 valence electrons.